The molecule has 1 aliphatic rings. The van der Waals surface area contributed by atoms with Gasteiger partial charge in [0, 0.05) is 32.5 Å². The Balaban J connectivity index is 2.62. The van der Waals surface area contributed by atoms with Gasteiger partial charge in [-0.2, -0.15) is 0 Å². The Morgan fingerprint density at radius 2 is 1.84 bits per heavy atom. The van der Waals surface area contributed by atoms with Gasteiger partial charge in [-0.1, -0.05) is 12.2 Å². The minimum absolute atomic E-state index is 0.0139. The van der Waals surface area contributed by atoms with E-state index in [2.05, 4.69) is 16.0 Å². The number of carbonyl (C=O) groups is 3. The number of hydrogen-bond donors (Lipinski definition) is 3. The van der Waals surface area contributed by atoms with Gasteiger partial charge in [0.05, 0.1) is 12.5 Å². The predicted octanol–water partition coefficient (Wildman–Crippen LogP) is -0.0352. The highest BCUT2D eigenvalue weighted by atomic mass is 16.5. The largest absolute Gasteiger partial charge is 0.449 e. The maximum atomic E-state index is 12.1. The Morgan fingerprint density at radius 3 is 2.44 bits per heavy atom. The van der Waals surface area contributed by atoms with Crippen molar-refractivity contribution in [2.45, 2.75) is 12.8 Å². The number of rotatable bonds is 8. The number of carbonyl (C=O) groups excluding carboxylic acids is 3. The van der Waals surface area contributed by atoms with Gasteiger partial charge in [-0.05, 0) is 33.5 Å². The third-order valence-corrected chi connectivity index (χ3v) is 4.30. The molecular weight excluding hydrogens is 324 g/mol. The van der Waals surface area contributed by atoms with Gasteiger partial charge in [0.1, 0.15) is 0 Å². The Bertz CT molecular complexity index is 493. The van der Waals surface area contributed by atoms with Gasteiger partial charge in [-0.3, -0.25) is 9.59 Å². The first kappa shape index (κ1) is 21.0. The molecule has 0 spiro atoms. The maximum Gasteiger partial charge on any atom is 0.407 e. The highest BCUT2D eigenvalue weighted by Gasteiger charge is 2.38. The Kier molecular flexibility index (Phi) is 8.98. The summed E-state index contributed by atoms with van der Waals surface area (Å²) >= 11 is 0. The fourth-order valence-corrected chi connectivity index (χ4v) is 2.90. The molecule has 1 aliphatic carbocycles. The topological polar surface area (TPSA) is 99.8 Å². The first-order valence-corrected chi connectivity index (χ1v) is 8.55. The standard InChI is InChI=1S/C17H30N4O4/c1-18-15(22)12-7-5-8-13(16(23)19-2)14(12)11-25-17(24)20-9-6-10-21(3)4/h5,7,12-14H,6,8-11H2,1-4H3,(H,18,22)(H,19,23)(H,20,24). The summed E-state index contributed by atoms with van der Waals surface area (Å²) in [4.78, 5) is 38.1. The normalized spacial score (nSPS) is 22.4. The summed E-state index contributed by atoms with van der Waals surface area (Å²) in [6.07, 6.45) is 4.42. The average molecular weight is 354 g/mol. The Morgan fingerprint density at radius 1 is 1.16 bits per heavy atom. The number of nitrogens with zero attached hydrogens (tertiary/aromatic N) is 1. The molecule has 3 unspecified atom stereocenters. The molecule has 0 aromatic rings. The first-order valence-electron chi connectivity index (χ1n) is 8.55. The van der Waals surface area contributed by atoms with E-state index in [4.69, 9.17) is 4.74 Å². The fraction of sp³-hybridized carbons (Fsp3) is 0.706. The van der Waals surface area contributed by atoms with Crippen LogP contribution in [0.2, 0.25) is 0 Å². The lowest BCUT2D eigenvalue weighted by atomic mass is 9.75. The van der Waals surface area contributed by atoms with Crippen LogP contribution in [0.3, 0.4) is 0 Å². The van der Waals surface area contributed by atoms with E-state index in [1.54, 1.807) is 20.2 Å². The van der Waals surface area contributed by atoms with Crippen LogP contribution in [0, 0.1) is 17.8 Å². The number of hydrogen-bond acceptors (Lipinski definition) is 5. The minimum atomic E-state index is -0.528. The van der Waals surface area contributed by atoms with Crippen LogP contribution in [0.4, 0.5) is 4.79 Å². The average Bonchev–Trinajstić information content (AvgIpc) is 2.61. The van der Waals surface area contributed by atoms with Crippen molar-refractivity contribution in [3.63, 3.8) is 0 Å². The van der Waals surface area contributed by atoms with Gasteiger partial charge in [0.2, 0.25) is 11.8 Å². The van der Waals surface area contributed by atoms with Crippen LogP contribution in [-0.4, -0.2) is 70.7 Å². The molecule has 142 valence electrons. The van der Waals surface area contributed by atoms with E-state index in [-0.39, 0.29) is 18.4 Å². The van der Waals surface area contributed by atoms with Gasteiger partial charge in [-0.25, -0.2) is 4.79 Å². The molecule has 1 rings (SSSR count). The molecular formula is C17H30N4O4. The van der Waals surface area contributed by atoms with Crippen molar-refractivity contribution in [2.75, 3.05) is 47.9 Å². The van der Waals surface area contributed by atoms with Crippen LogP contribution in [0.15, 0.2) is 12.2 Å². The molecule has 0 aliphatic heterocycles. The number of amides is 3. The van der Waals surface area contributed by atoms with Crippen LogP contribution < -0.4 is 16.0 Å². The minimum Gasteiger partial charge on any atom is -0.449 e. The molecule has 0 radical (unpaired) electrons. The van der Waals surface area contributed by atoms with E-state index in [9.17, 15) is 14.4 Å². The van der Waals surface area contributed by atoms with Gasteiger partial charge < -0.3 is 25.6 Å². The second-order valence-corrected chi connectivity index (χ2v) is 6.37. The third kappa shape index (κ3) is 6.74. The molecule has 8 nitrogen and oxygen atoms in total. The summed E-state index contributed by atoms with van der Waals surface area (Å²) in [5.74, 6) is -1.64. The molecule has 0 bridgehead atoms. The molecule has 3 atom stereocenters. The summed E-state index contributed by atoms with van der Waals surface area (Å²) in [6.45, 7) is 1.39. The second-order valence-electron chi connectivity index (χ2n) is 6.37. The Labute approximate surface area is 149 Å². The van der Waals surface area contributed by atoms with Crippen LogP contribution >= 0.6 is 0 Å². The molecule has 8 heteroatoms. The van der Waals surface area contributed by atoms with E-state index in [0.717, 1.165) is 13.0 Å². The summed E-state index contributed by atoms with van der Waals surface area (Å²) < 4.78 is 5.28. The van der Waals surface area contributed by atoms with Gasteiger partial charge in [0.15, 0.2) is 0 Å². The monoisotopic (exact) mass is 354 g/mol. The second kappa shape index (κ2) is 10.7. The van der Waals surface area contributed by atoms with E-state index in [0.29, 0.717) is 13.0 Å². The molecule has 3 amide bonds. The van der Waals surface area contributed by atoms with Crippen molar-refractivity contribution < 1.29 is 19.1 Å². The number of ether oxygens (including phenoxy) is 1. The van der Waals surface area contributed by atoms with Gasteiger partial charge >= 0.3 is 6.09 Å². The van der Waals surface area contributed by atoms with Crippen LogP contribution in [-0.2, 0) is 14.3 Å². The van der Waals surface area contributed by atoms with E-state index in [1.165, 1.54) is 0 Å². The molecule has 0 fully saturated rings. The molecule has 0 aromatic carbocycles. The third-order valence-electron chi connectivity index (χ3n) is 4.30. The molecule has 25 heavy (non-hydrogen) atoms. The molecule has 3 N–H and O–H groups in total. The Hall–Kier alpha value is -2.09. The van der Waals surface area contributed by atoms with Crippen molar-refractivity contribution in [2.24, 2.45) is 17.8 Å². The van der Waals surface area contributed by atoms with Crippen molar-refractivity contribution in [1.29, 1.82) is 0 Å². The predicted molar refractivity (Wildman–Crippen MR) is 94.9 cm³/mol. The lowest BCUT2D eigenvalue weighted by Crippen LogP contribution is -2.45. The molecule has 0 saturated carbocycles. The van der Waals surface area contributed by atoms with Crippen molar-refractivity contribution in [3.8, 4) is 0 Å². The smallest absolute Gasteiger partial charge is 0.407 e. The lowest BCUT2D eigenvalue weighted by molar-refractivity contribution is -0.131. The number of nitrogens with one attached hydrogen (secondary N) is 3. The molecule has 0 saturated heterocycles. The van der Waals surface area contributed by atoms with Crippen LogP contribution in [0.25, 0.3) is 0 Å². The number of alkyl carbamates (subject to hydrolysis) is 1. The van der Waals surface area contributed by atoms with Crippen molar-refractivity contribution in [3.05, 3.63) is 12.2 Å². The van der Waals surface area contributed by atoms with Crippen LogP contribution in [0.5, 0.6) is 0 Å². The zero-order chi connectivity index (χ0) is 18.8. The van der Waals surface area contributed by atoms with Crippen molar-refractivity contribution >= 4 is 17.9 Å². The van der Waals surface area contributed by atoms with Gasteiger partial charge in [0.25, 0.3) is 0 Å². The molecule has 0 aromatic heterocycles. The summed E-state index contributed by atoms with van der Waals surface area (Å²) in [6, 6.07) is 0. The van der Waals surface area contributed by atoms with Crippen molar-refractivity contribution in [1.82, 2.24) is 20.9 Å². The number of allylic oxidation sites excluding steroid dienone is 1. The summed E-state index contributed by atoms with van der Waals surface area (Å²) in [5.41, 5.74) is 0. The maximum absolute atomic E-state index is 12.1. The van der Waals surface area contributed by atoms with E-state index in [1.807, 2.05) is 25.1 Å². The van der Waals surface area contributed by atoms with E-state index < -0.39 is 23.8 Å². The summed E-state index contributed by atoms with van der Waals surface area (Å²) in [5, 5.41) is 7.90. The first-order chi connectivity index (χ1) is 11.9. The highest BCUT2D eigenvalue weighted by molar-refractivity contribution is 5.84. The van der Waals surface area contributed by atoms with E-state index >= 15 is 0 Å². The zero-order valence-corrected chi connectivity index (χ0v) is 15.5. The zero-order valence-electron chi connectivity index (χ0n) is 15.5. The SMILES string of the molecule is CNC(=O)C1C=CCC(C(=O)NC)C1COC(=O)NCCCN(C)C. The molecule has 0 heterocycles. The van der Waals surface area contributed by atoms with Gasteiger partial charge in [-0.15, -0.1) is 0 Å². The highest BCUT2D eigenvalue weighted by Crippen LogP contribution is 2.31. The quantitative estimate of drug-likeness (QED) is 0.420. The lowest BCUT2D eigenvalue weighted by Gasteiger charge is -2.32. The summed E-state index contributed by atoms with van der Waals surface area (Å²) in [7, 11) is 7.04. The fourth-order valence-electron chi connectivity index (χ4n) is 2.90. The van der Waals surface area contributed by atoms with Crippen LogP contribution in [0.1, 0.15) is 12.8 Å².